The smallest absolute Gasteiger partial charge is 0.314 e. The Bertz CT molecular complexity index is 1130. The Balaban J connectivity index is 1.78. The van der Waals surface area contributed by atoms with Crippen LogP contribution >= 0.6 is 0 Å². The minimum Gasteiger partial charge on any atom is -0.314 e. The van der Waals surface area contributed by atoms with Gasteiger partial charge in [0.05, 0.1) is 6.04 Å². The summed E-state index contributed by atoms with van der Waals surface area (Å²) in [5.74, 6) is 1.55. The van der Waals surface area contributed by atoms with Gasteiger partial charge in [0.2, 0.25) is 0 Å². The fourth-order valence-corrected chi connectivity index (χ4v) is 5.92. The molecule has 0 radical (unpaired) electrons. The van der Waals surface area contributed by atoms with Crippen molar-refractivity contribution in [3.05, 3.63) is 38.7 Å². The summed E-state index contributed by atoms with van der Waals surface area (Å²) in [5.41, 5.74) is -1.38. The van der Waals surface area contributed by atoms with Crippen LogP contribution in [0.4, 0.5) is 0 Å². The largest absolute Gasteiger partial charge is 0.330 e. The standard InChI is InChI=1S/C17H24N6O4S/c1-20-11-13(16(24)21(2)17(20)25)28(26,27)23-10-6-7-12(23)15-19-18-14-8-4-3-5-9-22(14)15/h11-12H,3-10H2,1-2H3. The summed E-state index contributed by atoms with van der Waals surface area (Å²) in [6.45, 7) is 1.09. The molecule has 4 rings (SSSR count). The number of hydrogen-bond donors (Lipinski definition) is 0. The van der Waals surface area contributed by atoms with E-state index in [0.717, 1.165) is 53.4 Å². The molecule has 2 aliphatic rings. The van der Waals surface area contributed by atoms with E-state index in [1.54, 1.807) is 0 Å². The van der Waals surface area contributed by atoms with E-state index in [9.17, 15) is 18.0 Å². The van der Waals surface area contributed by atoms with Crippen molar-refractivity contribution < 1.29 is 8.42 Å². The van der Waals surface area contributed by atoms with Crippen molar-refractivity contribution in [3.8, 4) is 0 Å². The van der Waals surface area contributed by atoms with Gasteiger partial charge >= 0.3 is 5.69 Å². The SMILES string of the molecule is Cn1cc(S(=O)(=O)N2CCCC2c2nnc3n2CCCCC3)c(=O)n(C)c1=O. The molecule has 28 heavy (non-hydrogen) atoms. The summed E-state index contributed by atoms with van der Waals surface area (Å²) < 4.78 is 32.0. The number of hydrogen-bond acceptors (Lipinski definition) is 6. The molecule has 10 nitrogen and oxygen atoms in total. The van der Waals surface area contributed by atoms with E-state index < -0.39 is 27.3 Å². The fraction of sp³-hybridized carbons (Fsp3) is 0.647. The van der Waals surface area contributed by atoms with Gasteiger partial charge in [-0.05, 0) is 25.7 Å². The Labute approximate surface area is 162 Å². The van der Waals surface area contributed by atoms with Crippen molar-refractivity contribution >= 4 is 10.0 Å². The van der Waals surface area contributed by atoms with Crippen LogP contribution in [0, 0.1) is 0 Å². The molecule has 11 heteroatoms. The van der Waals surface area contributed by atoms with Crippen molar-refractivity contribution in [3.63, 3.8) is 0 Å². The maximum atomic E-state index is 13.4. The van der Waals surface area contributed by atoms with E-state index in [4.69, 9.17) is 0 Å². The van der Waals surface area contributed by atoms with E-state index in [1.165, 1.54) is 18.4 Å². The molecule has 1 atom stereocenters. The number of nitrogens with zero attached hydrogens (tertiary/aromatic N) is 6. The first kappa shape index (κ1) is 19.1. The van der Waals surface area contributed by atoms with Gasteiger partial charge in [0, 0.05) is 39.8 Å². The molecule has 0 bridgehead atoms. The predicted octanol–water partition coefficient (Wildman–Crippen LogP) is -0.0723. The Kier molecular flexibility index (Phi) is 4.74. The molecule has 1 unspecified atom stereocenters. The summed E-state index contributed by atoms with van der Waals surface area (Å²) in [4.78, 5) is 24.1. The summed E-state index contributed by atoms with van der Waals surface area (Å²) >= 11 is 0. The average molecular weight is 408 g/mol. The second-order valence-corrected chi connectivity index (χ2v) is 9.32. The Morgan fingerprint density at radius 3 is 2.61 bits per heavy atom. The van der Waals surface area contributed by atoms with Gasteiger partial charge in [-0.15, -0.1) is 10.2 Å². The highest BCUT2D eigenvalue weighted by Crippen LogP contribution is 2.36. The molecule has 0 aliphatic carbocycles. The zero-order valence-corrected chi connectivity index (χ0v) is 16.9. The third kappa shape index (κ3) is 2.93. The van der Waals surface area contributed by atoms with Crippen molar-refractivity contribution in [1.82, 2.24) is 28.2 Å². The lowest BCUT2D eigenvalue weighted by Crippen LogP contribution is -2.42. The molecule has 0 aromatic carbocycles. The molecular weight excluding hydrogens is 384 g/mol. The third-order valence-corrected chi connectivity index (χ3v) is 7.53. The van der Waals surface area contributed by atoms with Crippen LogP contribution in [0.15, 0.2) is 20.7 Å². The minimum atomic E-state index is -4.08. The molecule has 2 aromatic heterocycles. The highest BCUT2D eigenvalue weighted by molar-refractivity contribution is 7.89. The van der Waals surface area contributed by atoms with E-state index >= 15 is 0 Å². The van der Waals surface area contributed by atoms with Crippen LogP contribution in [0.25, 0.3) is 0 Å². The van der Waals surface area contributed by atoms with Gasteiger partial charge in [0.25, 0.3) is 15.6 Å². The first-order valence-electron chi connectivity index (χ1n) is 9.53. The molecule has 1 saturated heterocycles. The second kappa shape index (κ2) is 6.96. The summed E-state index contributed by atoms with van der Waals surface area (Å²) in [6, 6.07) is -0.453. The first-order chi connectivity index (χ1) is 13.3. The number of rotatable bonds is 3. The van der Waals surface area contributed by atoms with Crippen molar-refractivity contribution in [2.24, 2.45) is 14.1 Å². The molecular formula is C17H24N6O4S. The first-order valence-corrected chi connectivity index (χ1v) is 11.0. The summed E-state index contributed by atoms with van der Waals surface area (Å²) in [6.07, 6.45) is 6.44. The van der Waals surface area contributed by atoms with Crippen LogP contribution < -0.4 is 11.2 Å². The lowest BCUT2D eigenvalue weighted by molar-refractivity contribution is 0.369. The molecule has 0 spiro atoms. The van der Waals surface area contributed by atoms with E-state index in [1.807, 2.05) is 4.57 Å². The van der Waals surface area contributed by atoms with Gasteiger partial charge in [-0.25, -0.2) is 13.2 Å². The molecule has 0 saturated carbocycles. The Morgan fingerprint density at radius 1 is 1.04 bits per heavy atom. The molecule has 0 amide bonds. The minimum absolute atomic E-state index is 0.307. The van der Waals surface area contributed by atoms with Gasteiger partial charge in [-0.3, -0.25) is 9.36 Å². The van der Waals surface area contributed by atoms with Gasteiger partial charge in [0.1, 0.15) is 5.82 Å². The average Bonchev–Trinajstić information content (AvgIpc) is 3.24. The van der Waals surface area contributed by atoms with Crippen LogP contribution in [0.2, 0.25) is 0 Å². The van der Waals surface area contributed by atoms with Crippen molar-refractivity contribution in [2.75, 3.05) is 6.54 Å². The third-order valence-electron chi connectivity index (χ3n) is 5.64. The van der Waals surface area contributed by atoms with Gasteiger partial charge in [-0.2, -0.15) is 4.31 Å². The predicted molar refractivity (Wildman–Crippen MR) is 100 cm³/mol. The summed E-state index contributed by atoms with van der Waals surface area (Å²) in [5, 5.41) is 8.61. The summed E-state index contributed by atoms with van der Waals surface area (Å²) in [7, 11) is -1.37. The maximum Gasteiger partial charge on any atom is 0.330 e. The zero-order chi connectivity index (χ0) is 20.1. The van der Waals surface area contributed by atoms with E-state index in [-0.39, 0.29) is 4.90 Å². The van der Waals surface area contributed by atoms with Crippen LogP contribution in [0.3, 0.4) is 0 Å². The topological polar surface area (TPSA) is 112 Å². The van der Waals surface area contributed by atoms with Crippen LogP contribution in [-0.4, -0.2) is 43.2 Å². The van der Waals surface area contributed by atoms with E-state index in [2.05, 4.69) is 10.2 Å². The molecule has 2 aromatic rings. The maximum absolute atomic E-state index is 13.4. The second-order valence-electron chi connectivity index (χ2n) is 7.46. The van der Waals surface area contributed by atoms with Crippen molar-refractivity contribution in [1.29, 1.82) is 0 Å². The lowest BCUT2D eigenvalue weighted by atomic mass is 10.2. The van der Waals surface area contributed by atoms with E-state index in [0.29, 0.717) is 25.2 Å². The molecule has 152 valence electrons. The molecule has 4 heterocycles. The van der Waals surface area contributed by atoms with Crippen LogP contribution in [0.1, 0.15) is 49.8 Å². The zero-order valence-electron chi connectivity index (χ0n) is 16.0. The highest BCUT2D eigenvalue weighted by atomic mass is 32.2. The van der Waals surface area contributed by atoms with Gasteiger partial charge < -0.3 is 9.13 Å². The molecule has 0 N–H and O–H groups in total. The molecule has 1 fully saturated rings. The highest BCUT2D eigenvalue weighted by Gasteiger charge is 2.41. The van der Waals surface area contributed by atoms with Gasteiger partial charge in [-0.1, -0.05) is 6.42 Å². The van der Waals surface area contributed by atoms with Gasteiger partial charge in [0.15, 0.2) is 10.7 Å². The normalized spacial score (nSPS) is 20.9. The fourth-order valence-electron chi connectivity index (χ4n) is 4.12. The molecule has 2 aliphatic heterocycles. The van der Waals surface area contributed by atoms with Crippen molar-refractivity contribution in [2.45, 2.75) is 56.0 Å². The number of aryl methyl sites for hydroxylation is 2. The van der Waals surface area contributed by atoms with Crippen LogP contribution in [0.5, 0.6) is 0 Å². The Morgan fingerprint density at radius 2 is 1.82 bits per heavy atom. The number of aromatic nitrogens is 5. The Hall–Kier alpha value is -2.27. The number of fused-ring (bicyclic) bond motifs is 1. The number of sulfonamides is 1. The van der Waals surface area contributed by atoms with Crippen LogP contribution in [-0.2, 0) is 37.1 Å². The quantitative estimate of drug-likeness (QED) is 0.703. The monoisotopic (exact) mass is 408 g/mol. The lowest BCUT2D eigenvalue weighted by Gasteiger charge is -2.24.